The van der Waals surface area contributed by atoms with Crippen LogP contribution in [0.4, 0.5) is 4.39 Å². The van der Waals surface area contributed by atoms with Gasteiger partial charge in [-0.05, 0) is 39.7 Å². The van der Waals surface area contributed by atoms with Gasteiger partial charge in [-0.2, -0.15) is 4.40 Å². The van der Waals surface area contributed by atoms with E-state index < -0.39 is 21.5 Å². The van der Waals surface area contributed by atoms with Crippen LogP contribution in [0.25, 0.3) is 0 Å². The summed E-state index contributed by atoms with van der Waals surface area (Å²) in [7, 11) is -1.37. The van der Waals surface area contributed by atoms with Crippen LogP contribution in [0.2, 0.25) is 0 Å². The highest BCUT2D eigenvalue weighted by Gasteiger charge is 2.25. The topological polar surface area (TPSA) is 42.3 Å². The van der Waals surface area contributed by atoms with Crippen LogP contribution in [0.1, 0.15) is 50.8 Å². The molecule has 1 fully saturated rings. The molecule has 0 bridgehead atoms. The molecule has 1 unspecified atom stereocenters. The number of rotatable bonds is 3. The van der Waals surface area contributed by atoms with Crippen LogP contribution in [0, 0.1) is 5.82 Å². The van der Waals surface area contributed by atoms with E-state index in [-0.39, 0.29) is 0 Å². The summed E-state index contributed by atoms with van der Waals surface area (Å²) in [5, 5.41) is 0. The largest absolute Gasteiger partial charge is 0.258 e. The zero-order chi connectivity index (χ0) is 13.3. The van der Waals surface area contributed by atoms with E-state index in [1.807, 2.05) is 20.8 Å². The molecule has 18 heavy (non-hydrogen) atoms. The minimum atomic E-state index is -1.37. The molecule has 1 aliphatic carbocycles. The molecule has 1 aliphatic rings. The Labute approximate surface area is 109 Å². The lowest BCUT2D eigenvalue weighted by atomic mass is 10.2. The maximum absolute atomic E-state index is 13.5. The third-order valence-corrected chi connectivity index (χ3v) is 4.06. The third-order valence-electron chi connectivity index (χ3n) is 2.71. The summed E-state index contributed by atoms with van der Waals surface area (Å²) in [6, 6.07) is 1.70. The molecule has 2 rings (SSSR count). The van der Waals surface area contributed by atoms with Crippen molar-refractivity contribution in [3.8, 4) is 0 Å². The van der Waals surface area contributed by atoms with Gasteiger partial charge in [0.1, 0.15) is 16.8 Å². The second-order valence-electron chi connectivity index (χ2n) is 5.50. The summed E-state index contributed by atoms with van der Waals surface area (Å²) in [6.07, 6.45) is 4.80. The normalized spacial score (nSPS) is 18.2. The van der Waals surface area contributed by atoms with Gasteiger partial charge in [-0.1, -0.05) is 0 Å². The molecule has 0 aromatic carbocycles. The monoisotopic (exact) mass is 268 g/mol. The van der Waals surface area contributed by atoms with Gasteiger partial charge in [-0.25, -0.2) is 8.60 Å². The summed E-state index contributed by atoms with van der Waals surface area (Å²) in [5.41, 5.74) is 1.27. The lowest BCUT2D eigenvalue weighted by Gasteiger charge is -2.12. The molecule has 1 aromatic rings. The molecule has 0 spiro atoms. The van der Waals surface area contributed by atoms with E-state index in [2.05, 4.69) is 9.38 Å². The molecule has 0 radical (unpaired) electrons. The number of nitrogens with zero attached hydrogens (tertiary/aromatic N) is 2. The fraction of sp³-hybridized carbons (Fsp3) is 0.538. The molecule has 1 atom stereocenters. The Morgan fingerprint density at radius 2 is 2.17 bits per heavy atom. The van der Waals surface area contributed by atoms with Crippen molar-refractivity contribution in [1.82, 2.24) is 4.98 Å². The summed E-state index contributed by atoms with van der Waals surface area (Å²) in [5.74, 6) is 0.0416. The van der Waals surface area contributed by atoms with Gasteiger partial charge in [0.2, 0.25) is 0 Å². The zero-order valence-electron chi connectivity index (χ0n) is 10.8. The number of aromatic nitrogens is 1. The molecule has 0 amide bonds. The highest BCUT2D eigenvalue weighted by molar-refractivity contribution is 7.85. The van der Waals surface area contributed by atoms with E-state index in [0.29, 0.717) is 11.5 Å². The second-order valence-corrected chi connectivity index (χ2v) is 7.43. The van der Waals surface area contributed by atoms with Gasteiger partial charge in [0, 0.05) is 23.4 Å². The Hall–Kier alpha value is -1.10. The van der Waals surface area contributed by atoms with Gasteiger partial charge in [-0.15, -0.1) is 0 Å². The van der Waals surface area contributed by atoms with Crippen molar-refractivity contribution in [3.05, 3.63) is 29.3 Å². The minimum Gasteiger partial charge on any atom is -0.258 e. The van der Waals surface area contributed by atoms with Crippen molar-refractivity contribution in [2.24, 2.45) is 4.40 Å². The van der Waals surface area contributed by atoms with E-state index in [1.165, 1.54) is 12.4 Å². The SMILES string of the molecule is CC(C)(C)S(=O)N=Cc1cc(C2CC2)ncc1F. The quantitative estimate of drug-likeness (QED) is 0.791. The van der Waals surface area contributed by atoms with Crippen LogP contribution in [0.5, 0.6) is 0 Å². The summed E-state index contributed by atoms with van der Waals surface area (Å²) >= 11 is 0. The van der Waals surface area contributed by atoms with E-state index in [1.54, 1.807) is 6.07 Å². The molecule has 3 nitrogen and oxygen atoms in total. The third kappa shape index (κ3) is 3.22. The smallest absolute Gasteiger partial charge is 0.150 e. The molecule has 0 N–H and O–H groups in total. The zero-order valence-corrected chi connectivity index (χ0v) is 11.6. The van der Waals surface area contributed by atoms with Crippen LogP contribution in [-0.2, 0) is 11.0 Å². The summed E-state index contributed by atoms with van der Waals surface area (Å²) in [6.45, 7) is 5.50. The first kappa shape index (κ1) is 13.3. The Morgan fingerprint density at radius 1 is 1.50 bits per heavy atom. The Balaban J connectivity index is 2.20. The van der Waals surface area contributed by atoms with Crippen molar-refractivity contribution in [2.45, 2.75) is 44.3 Å². The van der Waals surface area contributed by atoms with Crippen LogP contribution in [-0.4, -0.2) is 20.2 Å². The van der Waals surface area contributed by atoms with Crippen LogP contribution in [0.3, 0.4) is 0 Å². The molecule has 0 aliphatic heterocycles. The first-order chi connectivity index (χ1) is 8.38. The first-order valence-corrected chi connectivity index (χ1v) is 7.10. The van der Waals surface area contributed by atoms with E-state index >= 15 is 0 Å². The molecule has 1 heterocycles. The van der Waals surface area contributed by atoms with Crippen molar-refractivity contribution >= 4 is 17.2 Å². The maximum Gasteiger partial charge on any atom is 0.150 e. The second kappa shape index (κ2) is 4.88. The molecule has 1 saturated carbocycles. The van der Waals surface area contributed by atoms with Gasteiger partial charge >= 0.3 is 0 Å². The molecular weight excluding hydrogens is 251 g/mol. The number of hydrogen-bond acceptors (Lipinski definition) is 2. The van der Waals surface area contributed by atoms with Crippen molar-refractivity contribution in [3.63, 3.8) is 0 Å². The predicted octanol–water partition coefficient (Wildman–Crippen LogP) is 2.98. The molecule has 0 saturated heterocycles. The lowest BCUT2D eigenvalue weighted by Crippen LogP contribution is -2.19. The van der Waals surface area contributed by atoms with Crippen LogP contribution in [0.15, 0.2) is 16.7 Å². The summed E-state index contributed by atoms with van der Waals surface area (Å²) in [4.78, 5) is 4.06. The lowest BCUT2D eigenvalue weighted by molar-refractivity contribution is 0.617. The van der Waals surface area contributed by atoms with Crippen LogP contribution >= 0.6 is 0 Å². The highest BCUT2D eigenvalue weighted by Crippen LogP contribution is 2.39. The number of pyridine rings is 1. The van der Waals surface area contributed by atoms with Gasteiger partial charge < -0.3 is 0 Å². The number of hydrogen-bond donors (Lipinski definition) is 0. The Kier molecular flexibility index (Phi) is 3.61. The predicted molar refractivity (Wildman–Crippen MR) is 71.7 cm³/mol. The van der Waals surface area contributed by atoms with Gasteiger partial charge in [0.05, 0.1) is 10.9 Å². The molecule has 5 heteroatoms. The Morgan fingerprint density at radius 3 is 2.72 bits per heavy atom. The molecule has 1 aromatic heterocycles. The van der Waals surface area contributed by atoms with Crippen molar-refractivity contribution in [2.75, 3.05) is 0 Å². The average Bonchev–Trinajstić information content (AvgIpc) is 3.10. The Bertz CT molecular complexity index is 504. The van der Waals surface area contributed by atoms with Gasteiger partial charge in [0.15, 0.2) is 0 Å². The van der Waals surface area contributed by atoms with E-state index in [4.69, 9.17) is 0 Å². The number of halogens is 1. The fourth-order valence-corrected chi connectivity index (χ4v) is 1.96. The van der Waals surface area contributed by atoms with E-state index in [0.717, 1.165) is 18.5 Å². The molecule has 98 valence electrons. The van der Waals surface area contributed by atoms with Crippen LogP contribution < -0.4 is 0 Å². The summed E-state index contributed by atoms with van der Waals surface area (Å²) < 4.78 is 28.8. The van der Waals surface area contributed by atoms with Gasteiger partial charge in [0.25, 0.3) is 0 Å². The highest BCUT2D eigenvalue weighted by atomic mass is 32.2. The fourth-order valence-electron chi connectivity index (χ4n) is 1.44. The average molecular weight is 268 g/mol. The van der Waals surface area contributed by atoms with Crippen molar-refractivity contribution < 1.29 is 8.60 Å². The van der Waals surface area contributed by atoms with Crippen molar-refractivity contribution in [1.29, 1.82) is 0 Å². The standard InChI is InChI=1S/C13H17FN2OS/c1-13(2,3)18(17)16-7-10-6-12(9-4-5-9)15-8-11(10)14/h6-9H,4-5H2,1-3H3. The van der Waals surface area contributed by atoms with E-state index in [9.17, 15) is 8.60 Å². The maximum atomic E-state index is 13.5. The van der Waals surface area contributed by atoms with Gasteiger partial charge in [-0.3, -0.25) is 4.98 Å². The molecular formula is C13H17FN2OS. The first-order valence-electron chi connectivity index (χ1n) is 5.99. The minimum absolute atomic E-state index is 0.365.